The molecule has 0 N–H and O–H groups in total. The van der Waals surface area contributed by atoms with E-state index in [1.54, 1.807) is 6.92 Å². The van der Waals surface area contributed by atoms with E-state index in [9.17, 15) is 9.59 Å². The Labute approximate surface area is 114 Å². The first-order valence-corrected chi connectivity index (χ1v) is 6.92. The highest BCUT2D eigenvalue weighted by molar-refractivity contribution is 6.06. The monoisotopic (exact) mass is 260 g/mol. The Morgan fingerprint density at radius 2 is 1.84 bits per heavy atom. The van der Waals surface area contributed by atoms with Gasteiger partial charge >= 0.3 is 5.97 Å². The van der Waals surface area contributed by atoms with Crippen LogP contribution in [0.25, 0.3) is 0 Å². The fourth-order valence-corrected chi connectivity index (χ4v) is 2.59. The molecule has 1 saturated carbocycles. The second kappa shape index (κ2) is 5.55. The van der Waals surface area contributed by atoms with Gasteiger partial charge in [0.05, 0.1) is 12.0 Å². The lowest BCUT2D eigenvalue weighted by molar-refractivity contribution is -0.152. The van der Waals surface area contributed by atoms with Crippen molar-refractivity contribution >= 4 is 11.8 Å². The van der Waals surface area contributed by atoms with Gasteiger partial charge in [-0.2, -0.15) is 0 Å². The number of hydrogen-bond acceptors (Lipinski definition) is 3. The smallest absolute Gasteiger partial charge is 0.316 e. The van der Waals surface area contributed by atoms with Gasteiger partial charge in [0, 0.05) is 0 Å². The third kappa shape index (κ3) is 2.55. The van der Waals surface area contributed by atoms with Gasteiger partial charge in [0.25, 0.3) is 0 Å². The van der Waals surface area contributed by atoms with Gasteiger partial charge in [0.2, 0.25) is 0 Å². The summed E-state index contributed by atoms with van der Waals surface area (Å²) in [5.41, 5.74) is 0.595. The predicted octanol–water partition coefficient (Wildman–Crippen LogP) is 2.88. The number of ether oxygens (including phenoxy) is 1. The summed E-state index contributed by atoms with van der Waals surface area (Å²) in [6, 6.07) is 9.76. The van der Waals surface area contributed by atoms with Gasteiger partial charge < -0.3 is 4.74 Å². The summed E-state index contributed by atoms with van der Waals surface area (Å²) in [4.78, 5) is 24.6. The normalized spacial score (nSPS) is 17.6. The van der Waals surface area contributed by atoms with Crippen LogP contribution in [0.1, 0.15) is 38.7 Å². The first kappa shape index (κ1) is 13.8. The number of rotatable bonds is 6. The van der Waals surface area contributed by atoms with E-state index < -0.39 is 11.3 Å². The van der Waals surface area contributed by atoms with Gasteiger partial charge in [0.1, 0.15) is 5.92 Å². The zero-order valence-electron chi connectivity index (χ0n) is 11.5. The first-order valence-electron chi connectivity index (χ1n) is 6.92. The topological polar surface area (TPSA) is 43.4 Å². The molecule has 1 aliphatic carbocycles. The fourth-order valence-electron chi connectivity index (χ4n) is 2.59. The second-order valence-electron chi connectivity index (χ2n) is 5.03. The van der Waals surface area contributed by atoms with Crippen molar-refractivity contribution in [2.45, 2.75) is 38.5 Å². The Morgan fingerprint density at radius 3 is 2.32 bits per heavy atom. The number of carbonyl (C=O) groups excluding carboxylic acids is 2. The van der Waals surface area contributed by atoms with E-state index in [4.69, 9.17) is 4.74 Å². The third-order valence-electron chi connectivity index (χ3n) is 3.84. The van der Waals surface area contributed by atoms with Crippen LogP contribution in [-0.2, 0) is 19.7 Å². The molecule has 2 rings (SSSR count). The number of benzene rings is 1. The van der Waals surface area contributed by atoms with E-state index in [0.717, 1.165) is 18.4 Å². The predicted molar refractivity (Wildman–Crippen MR) is 72.8 cm³/mol. The van der Waals surface area contributed by atoms with Crippen LogP contribution >= 0.6 is 0 Å². The van der Waals surface area contributed by atoms with Crippen molar-refractivity contribution in [2.75, 3.05) is 6.61 Å². The minimum Gasteiger partial charge on any atom is -0.465 e. The lowest BCUT2D eigenvalue weighted by Gasteiger charge is -2.20. The highest BCUT2D eigenvalue weighted by atomic mass is 16.5. The zero-order valence-corrected chi connectivity index (χ0v) is 11.5. The van der Waals surface area contributed by atoms with Crippen LogP contribution in [0.3, 0.4) is 0 Å². The zero-order chi connectivity index (χ0) is 13.9. The maximum Gasteiger partial charge on any atom is 0.316 e. The maximum absolute atomic E-state index is 12.7. The molecule has 19 heavy (non-hydrogen) atoms. The standard InChI is InChI=1S/C16H20O3/c1-3-13(15(18)19-4-2)14(17)16(10-11-16)12-8-6-5-7-9-12/h5-9,13H,3-4,10-11H2,1-2H3. The molecule has 3 nitrogen and oxygen atoms in total. The van der Waals surface area contributed by atoms with Crippen molar-refractivity contribution in [2.24, 2.45) is 5.92 Å². The summed E-state index contributed by atoms with van der Waals surface area (Å²) >= 11 is 0. The van der Waals surface area contributed by atoms with Crippen molar-refractivity contribution in [1.82, 2.24) is 0 Å². The van der Waals surface area contributed by atoms with Gasteiger partial charge in [-0.1, -0.05) is 37.3 Å². The van der Waals surface area contributed by atoms with Crippen LogP contribution in [0.15, 0.2) is 30.3 Å². The average Bonchev–Trinajstić information content (AvgIpc) is 3.22. The molecule has 0 aliphatic heterocycles. The SMILES string of the molecule is CCOC(=O)C(CC)C(=O)C1(c2ccccc2)CC1. The summed E-state index contributed by atoms with van der Waals surface area (Å²) in [5.74, 6) is -0.973. The Morgan fingerprint density at radius 1 is 1.21 bits per heavy atom. The van der Waals surface area contributed by atoms with E-state index in [2.05, 4.69) is 0 Å². The molecule has 0 heterocycles. The highest BCUT2D eigenvalue weighted by Crippen LogP contribution is 2.50. The molecule has 1 fully saturated rings. The molecule has 1 aromatic carbocycles. The molecule has 1 aromatic rings. The Bertz CT molecular complexity index is 460. The average molecular weight is 260 g/mol. The molecule has 102 valence electrons. The van der Waals surface area contributed by atoms with Crippen LogP contribution in [0, 0.1) is 5.92 Å². The first-order chi connectivity index (χ1) is 9.15. The summed E-state index contributed by atoms with van der Waals surface area (Å²) in [6.07, 6.45) is 2.18. The lowest BCUT2D eigenvalue weighted by atomic mass is 9.83. The second-order valence-corrected chi connectivity index (χ2v) is 5.03. The van der Waals surface area contributed by atoms with Crippen molar-refractivity contribution in [1.29, 1.82) is 0 Å². The Balaban J connectivity index is 2.21. The molecule has 1 unspecified atom stereocenters. The Kier molecular flexibility index (Phi) is 4.03. The van der Waals surface area contributed by atoms with Crippen molar-refractivity contribution in [3.63, 3.8) is 0 Å². The quantitative estimate of drug-likeness (QED) is 0.583. The summed E-state index contributed by atoms with van der Waals surface area (Å²) in [6.45, 7) is 3.95. The molecule has 1 atom stereocenters. The van der Waals surface area contributed by atoms with E-state index in [-0.39, 0.29) is 11.8 Å². The van der Waals surface area contributed by atoms with Gasteiger partial charge in [-0.15, -0.1) is 0 Å². The third-order valence-corrected chi connectivity index (χ3v) is 3.84. The van der Waals surface area contributed by atoms with Gasteiger partial charge in [-0.05, 0) is 31.7 Å². The van der Waals surface area contributed by atoms with Crippen LogP contribution < -0.4 is 0 Å². The van der Waals surface area contributed by atoms with Crippen LogP contribution in [0.4, 0.5) is 0 Å². The molecule has 1 aliphatic rings. The van der Waals surface area contributed by atoms with Crippen LogP contribution in [0.2, 0.25) is 0 Å². The molecule has 0 amide bonds. The molecule has 0 bridgehead atoms. The van der Waals surface area contributed by atoms with Gasteiger partial charge in [0.15, 0.2) is 5.78 Å². The largest absolute Gasteiger partial charge is 0.465 e. The number of carbonyl (C=O) groups is 2. The molecule has 0 aromatic heterocycles. The highest BCUT2D eigenvalue weighted by Gasteiger charge is 2.54. The molecule has 0 radical (unpaired) electrons. The summed E-state index contributed by atoms with van der Waals surface area (Å²) in [7, 11) is 0. The fraction of sp³-hybridized carbons (Fsp3) is 0.500. The molecule has 0 saturated heterocycles. The molecule has 0 spiro atoms. The van der Waals surface area contributed by atoms with E-state index in [0.29, 0.717) is 13.0 Å². The van der Waals surface area contributed by atoms with Crippen LogP contribution in [-0.4, -0.2) is 18.4 Å². The number of esters is 1. The Hall–Kier alpha value is -1.64. The molecular formula is C16H20O3. The van der Waals surface area contributed by atoms with E-state index in [1.807, 2.05) is 37.3 Å². The number of hydrogen-bond donors (Lipinski definition) is 0. The lowest BCUT2D eigenvalue weighted by Crippen LogP contribution is -2.34. The van der Waals surface area contributed by atoms with Crippen LogP contribution in [0.5, 0.6) is 0 Å². The minimum absolute atomic E-state index is 0.0275. The van der Waals surface area contributed by atoms with E-state index in [1.165, 1.54) is 0 Å². The molecule has 3 heteroatoms. The van der Waals surface area contributed by atoms with Gasteiger partial charge in [-0.3, -0.25) is 9.59 Å². The van der Waals surface area contributed by atoms with Crippen molar-refractivity contribution < 1.29 is 14.3 Å². The van der Waals surface area contributed by atoms with Crippen molar-refractivity contribution in [3.8, 4) is 0 Å². The van der Waals surface area contributed by atoms with Crippen molar-refractivity contribution in [3.05, 3.63) is 35.9 Å². The van der Waals surface area contributed by atoms with E-state index >= 15 is 0 Å². The molecular weight excluding hydrogens is 240 g/mol. The summed E-state index contributed by atoms with van der Waals surface area (Å²) < 4.78 is 5.02. The number of ketones is 1. The van der Waals surface area contributed by atoms with Gasteiger partial charge in [-0.25, -0.2) is 0 Å². The summed E-state index contributed by atoms with van der Waals surface area (Å²) in [5, 5.41) is 0. The minimum atomic E-state index is -0.623. The number of Topliss-reactive ketones (excluding diaryl/α,β-unsaturated/α-hetero) is 1. The maximum atomic E-state index is 12.7.